The molecule has 1 heterocycles. The van der Waals surface area contributed by atoms with Crippen LogP contribution in [0.25, 0.3) is 11.5 Å². The number of halogens is 5. The standard InChI is InChI=1S/C14H15ClFN3O.C2HF3O2/c15-11-6-3-9(7-12(11)16)14-19-18-13(20-14)8-1-4-10(17)5-2-8;3-2(4,5)1(6)7/h3,6-8,10H,1-2,4-5,17H2;(H,6,7). The smallest absolute Gasteiger partial charge is 0.475 e. The first kappa shape index (κ1) is 21.1. The van der Waals surface area contributed by atoms with Gasteiger partial charge in [0.2, 0.25) is 11.8 Å². The molecule has 1 aliphatic carbocycles. The number of aromatic nitrogens is 2. The Morgan fingerprint density at radius 2 is 1.81 bits per heavy atom. The van der Waals surface area contributed by atoms with Gasteiger partial charge in [0.1, 0.15) is 5.82 Å². The molecule has 3 rings (SSSR count). The minimum Gasteiger partial charge on any atom is -0.475 e. The number of nitrogens with zero attached hydrogens (tertiary/aromatic N) is 2. The number of nitrogens with two attached hydrogens (primary N) is 1. The van der Waals surface area contributed by atoms with Gasteiger partial charge in [-0.2, -0.15) is 13.2 Å². The molecule has 0 unspecified atom stereocenters. The van der Waals surface area contributed by atoms with E-state index in [9.17, 15) is 17.6 Å². The second kappa shape index (κ2) is 8.66. The summed E-state index contributed by atoms with van der Waals surface area (Å²) in [4.78, 5) is 8.90. The van der Waals surface area contributed by atoms with Gasteiger partial charge in [0.15, 0.2) is 0 Å². The summed E-state index contributed by atoms with van der Waals surface area (Å²) in [6, 6.07) is 4.73. The first-order chi connectivity index (χ1) is 12.6. The number of carboxylic acids is 1. The summed E-state index contributed by atoms with van der Waals surface area (Å²) in [7, 11) is 0. The zero-order valence-corrected chi connectivity index (χ0v) is 14.6. The predicted molar refractivity (Wildman–Crippen MR) is 87.6 cm³/mol. The van der Waals surface area contributed by atoms with Crippen LogP contribution in [0.4, 0.5) is 17.6 Å². The molecule has 1 aromatic heterocycles. The Bertz CT molecular complexity index is 789. The molecule has 2 aromatic rings. The second-order valence-electron chi connectivity index (χ2n) is 5.99. The fourth-order valence-corrected chi connectivity index (χ4v) is 2.63. The summed E-state index contributed by atoms with van der Waals surface area (Å²) in [5, 5.41) is 15.3. The van der Waals surface area contributed by atoms with E-state index in [1.54, 1.807) is 6.07 Å². The van der Waals surface area contributed by atoms with Crippen molar-refractivity contribution in [2.45, 2.75) is 43.8 Å². The fraction of sp³-hybridized carbons (Fsp3) is 0.438. The largest absolute Gasteiger partial charge is 0.490 e. The zero-order valence-electron chi connectivity index (χ0n) is 13.8. The molecule has 0 amide bonds. The van der Waals surface area contributed by atoms with Crippen LogP contribution in [0.1, 0.15) is 37.5 Å². The lowest BCUT2D eigenvalue weighted by Gasteiger charge is -2.23. The van der Waals surface area contributed by atoms with Gasteiger partial charge in [0.25, 0.3) is 0 Å². The number of hydrogen-bond acceptors (Lipinski definition) is 5. The van der Waals surface area contributed by atoms with Crippen molar-refractivity contribution in [1.82, 2.24) is 10.2 Å². The second-order valence-corrected chi connectivity index (χ2v) is 6.40. The Kier molecular flexibility index (Phi) is 6.77. The highest BCUT2D eigenvalue weighted by Crippen LogP contribution is 2.33. The van der Waals surface area contributed by atoms with E-state index >= 15 is 0 Å². The van der Waals surface area contributed by atoms with E-state index in [2.05, 4.69) is 10.2 Å². The van der Waals surface area contributed by atoms with Crippen molar-refractivity contribution in [1.29, 1.82) is 0 Å². The number of carboxylic acid groups (broad SMARTS) is 1. The van der Waals surface area contributed by atoms with Gasteiger partial charge in [-0.05, 0) is 43.9 Å². The molecule has 0 aliphatic heterocycles. The summed E-state index contributed by atoms with van der Waals surface area (Å²) in [6.45, 7) is 0. The van der Waals surface area contributed by atoms with Crippen LogP contribution < -0.4 is 5.73 Å². The third-order valence-electron chi connectivity index (χ3n) is 3.97. The fourth-order valence-electron chi connectivity index (χ4n) is 2.51. The summed E-state index contributed by atoms with van der Waals surface area (Å²) in [5.41, 5.74) is 6.42. The van der Waals surface area contributed by atoms with E-state index in [1.807, 2.05) is 0 Å². The van der Waals surface area contributed by atoms with Crippen LogP contribution in [-0.4, -0.2) is 33.5 Å². The molecule has 0 spiro atoms. The molecule has 1 aromatic carbocycles. The van der Waals surface area contributed by atoms with Gasteiger partial charge in [0, 0.05) is 17.5 Å². The van der Waals surface area contributed by atoms with Gasteiger partial charge in [0.05, 0.1) is 5.02 Å². The maximum Gasteiger partial charge on any atom is 0.490 e. The van der Waals surface area contributed by atoms with Crippen LogP contribution in [-0.2, 0) is 4.79 Å². The molecule has 0 bridgehead atoms. The lowest BCUT2D eigenvalue weighted by atomic mass is 9.86. The molecular formula is C16H16ClF4N3O3. The van der Waals surface area contributed by atoms with E-state index in [0.717, 1.165) is 25.7 Å². The van der Waals surface area contributed by atoms with E-state index in [1.165, 1.54) is 12.1 Å². The Hall–Kier alpha value is -2.20. The van der Waals surface area contributed by atoms with Crippen LogP contribution in [0.2, 0.25) is 5.02 Å². The lowest BCUT2D eigenvalue weighted by Crippen LogP contribution is -2.25. The number of aliphatic carboxylic acids is 1. The van der Waals surface area contributed by atoms with Crippen molar-refractivity contribution < 1.29 is 31.9 Å². The van der Waals surface area contributed by atoms with Gasteiger partial charge in [-0.15, -0.1) is 10.2 Å². The zero-order chi connectivity index (χ0) is 20.2. The molecule has 27 heavy (non-hydrogen) atoms. The highest BCUT2D eigenvalue weighted by atomic mass is 35.5. The maximum absolute atomic E-state index is 13.4. The summed E-state index contributed by atoms with van der Waals surface area (Å²) in [5.74, 6) is -2.05. The van der Waals surface area contributed by atoms with Gasteiger partial charge < -0.3 is 15.3 Å². The molecular weight excluding hydrogens is 394 g/mol. The predicted octanol–water partition coefficient (Wildman–Crippen LogP) is 4.15. The minimum absolute atomic E-state index is 0.0785. The maximum atomic E-state index is 13.4. The molecule has 1 saturated carbocycles. The first-order valence-corrected chi connectivity index (χ1v) is 8.30. The van der Waals surface area contributed by atoms with Crippen LogP contribution >= 0.6 is 11.6 Å². The average molecular weight is 410 g/mol. The van der Waals surface area contributed by atoms with Gasteiger partial charge >= 0.3 is 12.1 Å². The SMILES string of the molecule is NC1CCC(c2nnc(-c3ccc(Cl)c(F)c3)o2)CC1.O=C(O)C(F)(F)F. The third kappa shape index (κ3) is 5.90. The van der Waals surface area contributed by atoms with Crippen molar-refractivity contribution in [2.24, 2.45) is 5.73 Å². The monoisotopic (exact) mass is 409 g/mol. The topological polar surface area (TPSA) is 102 Å². The Morgan fingerprint density at radius 3 is 2.33 bits per heavy atom. The molecule has 1 fully saturated rings. The molecule has 0 radical (unpaired) electrons. The summed E-state index contributed by atoms with van der Waals surface area (Å²) in [6.07, 6.45) is -1.23. The third-order valence-corrected chi connectivity index (χ3v) is 4.28. The molecule has 6 nitrogen and oxygen atoms in total. The van der Waals surface area contributed by atoms with Gasteiger partial charge in [-0.1, -0.05) is 11.6 Å². The normalized spacial score (nSPS) is 19.9. The van der Waals surface area contributed by atoms with Gasteiger partial charge in [-0.3, -0.25) is 0 Å². The summed E-state index contributed by atoms with van der Waals surface area (Å²) < 4.78 is 50.8. The highest BCUT2D eigenvalue weighted by Gasteiger charge is 2.38. The van der Waals surface area contributed by atoms with Crippen molar-refractivity contribution in [3.8, 4) is 11.5 Å². The van der Waals surface area contributed by atoms with E-state index in [0.29, 0.717) is 17.3 Å². The van der Waals surface area contributed by atoms with Crippen molar-refractivity contribution >= 4 is 17.6 Å². The van der Waals surface area contributed by atoms with Crippen molar-refractivity contribution in [2.75, 3.05) is 0 Å². The minimum atomic E-state index is -5.08. The van der Waals surface area contributed by atoms with Crippen LogP contribution in [0, 0.1) is 5.82 Å². The van der Waals surface area contributed by atoms with E-state index < -0.39 is 18.0 Å². The molecule has 11 heteroatoms. The van der Waals surface area contributed by atoms with E-state index in [-0.39, 0.29) is 17.0 Å². The highest BCUT2D eigenvalue weighted by molar-refractivity contribution is 6.30. The summed E-state index contributed by atoms with van der Waals surface area (Å²) >= 11 is 5.66. The molecule has 3 N–H and O–H groups in total. The Balaban J connectivity index is 0.000000321. The quantitative estimate of drug-likeness (QED) is 0.722. The lowest BCUT2D eigenvalue weighted by molar-refractivity contribution is -0.192. The van der Waals surface area contributed by atoms with Crippen LogP contribution in [0.5, 0.6) is 0 Å². The molecule has 0 saturated heterocycles. The number of rotatable bonds is 2. The van der Waals surface area contributed by atoms with Crippen molar-refractivity contribution in [3.05, 3.63) is 34.9 Å². The molecule has 0 atom stereocenters. The first-order valence-electron chi connectivity index (χ1n) is 7.92. The average Bonchev–Trinajstić information content (AvgIpc) is 3.08. The Labute approximate surface area is 156 Å². The molecule has 148 valence electrons. The van der Waals surface area contributed by atoms with Crippen LogP contribution in [0.3, 0.4) is 0 Å². The Morgan fingerprint density at radius 1 is 1.22 bits per heavy atom. The molecule has 1 aliphatic rings. The number of carbonyl (C=O) groups is 1. The van der Waals surface area contributed by atoms with Crippen molar-refractivity contribution in [3.63, 3.8) is 0 Å². The number of benzene rings is 1. The number of hydrogen-bond donors (Lipinski definition) is 2. The van der Waals surface area contributed by atoms with Crippen LogP contribution in [0.15, 0.2) is 22.6 Å². The number of alkyl halides is 3. The van der Waals surface area contributed by atoms with E-state index in [4.69, 9.17) is 31.7 Å². The van der Waals surface area contributed by atoms with Gasteiger partial charge in [-0.25, -0.2) is 9.18 Å².